The molecule has 0 aromatic carbocycles. The smallest absolute Gasteiger partial charge is 0.128 e. The fourth-order valence-corrected chi connectivity index (χ4v) is 3.99. The number of likely N-dealkylation sites (tertiary alicyclic amines) is 1. The van der Waals surface area contributed by atoms with Crippen LogP contribution < -0.4 is 0 Å². The van der Waals surface area contributed by atoms with E-state index in [2.05, 4.69) is 45.5 Å². The number of aromatic nitrogens is 4. The summed E-state index contributed by atoms with van der Waals surface area (Å²) in [5.41, 5.74) is 1.30. The first kappa shape index (κ1) is 17.5. The van der Waals surface area contributed by atoms with Gasteiger partial charge in [0, 0.05) is 26.8 Å². The summed E-state index contributed by atoms with van der Waals surface area (Å²) in [7, 11) is 8.44. The lowest BCUT2D eigenvalue weighted by Crippen LogP contribution is -2.41. The topological polar surface area (TPSA) is 42.1 Å². The van der Waals surface area contributed by atoms with Crippen LogP contribution in [0.25, 0.3) is 0 Å². The van der Waals surface area contributed by atoms with Gasteiger partial charge in [-0.1, -0.05) is 11.6 Å². The molecule has 3 rings (SSSR count). The molecule has 2 aromatic rings. The predicted octanol–water partition coefficient (Wildman–Crippen LogP) is 2.32. The third-order valence-corrected chi connectivity index (χ3v) is 5.50. The predicted molar refractivity (Wildman–Crippen MR) is 95.9 cm³/mol. The average Bonchev–Trinajstić information content (AvgIpc) is 3.08. The number of hydrogen-bond donors (Lipinski definition) is 0. The molecule has 0 radical (unpaired) electrons. The Morgan fingerprint density at radius 1 is 1.29 bits per heavy atom. The van der Waals surface area contributed by atoms with Crippen LogP contribution in [0.1, 0.15) is 30.4 Å². The highest BCUT2D eigenvalue weighted by Gasteiger charge is 2.33. The Kier molecular flexibility index (Phi) is 5.27. The molecule has 0 N–H and O–H groups in total. The molecular weight excluding hydrogens is 324 g/mol. The van der Waals surface area contributed by atoms with Gasteiger partial charge in [0.15, 0.2) is 0 Å². The van der Waals surface area contributed by atoms with Crippen LogP contribution in [0.5, 0.6) is 0 Å². The van der Waals surface area contributed by atoms with Crippen LogP contribution in [0.2, 0.25) is 5.15 Å². The quantitative estimate of drug-likeness (QED) is 0.830. The summed E-state index contributed by atoms with van der Waals surface area (Å²) in [6.07, 6.45) is 8.12. The van der Waals surface area contributed by atoms with Gasteiger partial charge in [0.25, 0.3) is 0 Å². The van der Waals surface area contributed by atoms with Crippen LogP contribution in [0.15, 0.2) is 18.7 Å². The van der Waals surface area contributed by atoms with Gasteiger partial charge in [-0.2, -0.15) is 0 Å². The van der Waals surface area contributed by atoms with E-state index in [9.17, 15) is 0 Å². The maximum atomic E-state index is 6.10. The molecule has 0 aliphatic carbocycles. The monoisotopic (exact) mass is 350 g/mol. The van der Waals surface area contributed by atoms with Crippen molar-refractivity contribution in [2.75, 3.05) is 27.2 Å². The van der Waals surface area contributed by atoms with Gasteiger partial charge in [-0.3, -0.25) is 9.80 Å². The van der Waals surface area contributed by atoms with Crippen molar-refractivity contribution >= 4 is 11.6 Å². The summed E-state index contributed by atoms with van der Waals surface area (Å²) < 4.78 is 4.10. The minimum Gasteiger partial charge on any atom is -0.336 e. The summed E-state index contributed by atoms with van der Waals surface area (Å²) in [4.78, 5) is 13.6. The lowest BCUT2D eigenvalue weighted by Gasteiger charge is -2.40. The Morgan fingerprint density at radius 2 is 2.08 bits per heavy atom. The molecule has 2 atom stereocenters. The lowest BCUT2D eigenvalue weighted by atomic mass is 9.87. The highest BCUT2D eigenvalue weighted by Crippen LogP contribution is 2.35. The summed E-state index contributed by atoms with van der Waals surface area (Å²) in [6, 6.07) is 0.415. The first-order valence-corrected chi connectivity index (χ1v) is 8.86. The molecule has 2 aromatic heterocycles. The number of aryl methyl sites for hydroxylation is 1. The van der Waals surface area contributed by atoms with E-state index in [-0.39, 0.29) is 0 Å². The van der Waals surface area contributed by atoms with Gasteiger partial charge in [-0.25, -0.2) is 9.97 Å². The SMILES string of the molecule is CN(Cc1ncc(Cl)n1C)C[C@@H]1CCCN(C)[C@H]1c1cncn1C. The molecule has 0 unspecified atom stereocenters. The molecule has 1 aliphatic heterocycles. The Hall–Kier alpha value is -1.37. The van der Waals surface area contributed by atoms with E-state index < -0.39 is 0 Å². The van der Waals surface area contributed by atoms with Crippen LogP contribution in [-0.2, 0) is 20.6 Å². The number of imidazole rings is 2. The molecule has 0 bridgehead atoms. The molecule has 0 spiro atoms. The zero-order chi connectivity index (χ0) is 17.3. The van der Waals surface area contributed by atoms with Gasteiger partial charge >= 0.3 is 0 Å². The van der Waals surface area contributed by atoms with Crippen molar-refractivity contribution in [2.45, 2.75) is 25.4 Å². The summed E-state index contributed by atoms with van der Waals surface area (Å²) >= 11 is 6.10. The van der Waals surface area contributed by atoms with Crippen molar-refractivity contribution in [3.63, 3.8) is 0 Å². The zero-order valence-electron chi connectivity index (χ0n) is 15.0. The van der Waals surface area contributed by atoms with Crippen molar-refractivity contribution in [3.05, 3.63) is 35.4 Å². The van der Waals surface area contributed by atoms with E-state index in [0.717, 1.165) is 25.5 Å². The van der Waals surface area contributed by atoms with Gasteiger partial charge in [0.05, 0.1) is 30.8 Å². The van der Waals surface area contributed by atoms with E-state index in [1.165, 1.54) is 18.5 Å². The van der Waals surface area contributed by atoms with E-state index >= 15 is 0 Å². The second kappa shape index (κ2) is 7.25. The van der Waals surface area contributed by atoms with Gasteiger partial charge in [0.2, 0.25) is 0 Å². The van der Waals surface area contributed by atoms with Gasteiger partial charge in [0.1, 0.15) is 11.0 Å². The molecule has 3 heterocycles. The normalized spacial score (nSPS) is 22.4. The van der Waals surface area contributed by atoms with Crippen LogP contribution >= 0.6 is 11.6 Å². The average molecular weight is 351 g/mol. The number of rotatable bonds is 5. The third kappa shape index (κ3) is 3.50. The molecule has 1 fully saturated rings. The summed E-state index contributed by atoms with van der Waals surface area (Å²) in [5.74, 6) is 1.59. The van der Waals surface area contributed by atoms with Crippen LogP contribution in [-0.4, -0.2) is 56.1 Å². The fraction of sp³-hybridized carbons (Fsp3) is 0.647. The summed E-state index contributed by atoms with van der Waals surface area (Å²) in [6.45, 7) is 2.98. The van der Waals surface area contributed by atoms with Crippen LogP contribution in [0.3, 0.4) is 0 Å². The Labute approximate surface area is 149 Å². The minimum atomic E-state index is 0.415. The second-order valence-electron chi connectivity index (χ2n) is 7.01. The highest BCUT2D eigenvalue weighted by molar-refractivity contribution is 6.29. The van der Waals surface area contributed by atoms with E-state index in [1.54, 1.807) is 6.20 Å². The maximum Gasteiger partial charge on any atom is 0.128 e. The van der Waals surface area contributed by atoms with E-state index in [1.807, 2.05) is 24.1 Å². The molecular formula is C17H27ClN6. The van der Waals surface area contributed by atoms with Gasteiger partial charge in [-0.05, 0) is 39.4 Å². The Balaban J connectivity index is 1.71. The second-order valence-corrected chi connectivity index (χ2v) is 7.40. The van der Waals surface area contributed by atoms with Crippen LogP contribution in [0, 0.1) is 5.92 Å². The molecule has 6 nitrogen and oxygen atoms in total. The van der Waals surface area contributed by atoms with Crippen molar-refractivity contribution < 1.29 is 0 Å². The Bertz CT molecular complexity index is 678. The van der Waals surface area contributed by atoms with Crippen molar-refractivity contribution in [2.24, 2.45) is 20.0 Å². The minimum absolute atomic E-state index is 0.415. The Morgan fingerprint density at radius 3 is 2.71 bits per heavy atom. The lowest BCUT2D eigenvalue weighted by molar-refractivity contribution is 0.0872. The molecule has 1 saturated heterocycles. The third-order valence-electron chi connectivity index (χ3n) is 5.15. The number of halogens is 1. The van der Waals surface area contributed by atoms with Crippen molar-refractivity contribution in [1.29, 1.82) is 0 Å². The number of hydrogen-bond acceptors (Lipinski definition) is 4. The van der Waals surface area contributed by atoms with Gasteiger partial charge in [-0.15, -0.1) is 0 Å². The zero-order valence-corrected chi connectivity index (χ0v) is 15.7. The molecule has 0 amide bonds. The van der Waals surface area contributed by atoms with E-state index in [4.69, 9.17) is 11.6 Å². The first-order valence-electron chi connectivity index (χ1n) is 8.48. The number of piperidine rings is 1. The molecule has 7 heteroatoms. The first-order chi connectivity index (χ1) is 11.5. The number of nitrogens with zero attached hydrogens (tertiary/aromatic N) is 6. The standard InChI is InChI=1S/C17H27ClN6/c1-21(11-16-20-9-15(18)24(16)4)10-13-6-5-7-22(2)17(13)14-8-19-12-23(14)3/h8-9,12-13,17H,5-7,10-11H2,1-4H3/t13-,17+/m0/s1. The highest BCUT2D eigenvalue weighted by atomic mass is 35.5. The van der Waals surface area contributed by atoms with Gasteiger partial charge < -0.3 is 9.13 Å². The molecule has 0 saturated carbocycles. The molecule has 24 heavy (non-hydrogen) atoms. The molecule has 132 valence electrons. The van der Waals surface area contributed by atoms with Crippen LogP contribution in [0.4, 0.5) is 0 Å². The van der Waals surface area contributed by atoms with Crippen molar-refractivity contribution in [3.8, 4) is 0 Å². The fourth-order valence-electron chi connectivity index (χ4n) is 3.85. The van der Waals surface area contributed by atoms with Crippen molar-refractivity contribution in [1.82, 2.24) is 28.9 Å². The van der Waals surface area contributed by atoms with E-state index in [0.29, 0.717) is 17.1 Å². The summed E-state index contributed by atoms with van der Waals surface area (Å²) in [5, 5.41) is 0.684. The molecule has 1 aliphatic rings. The largest absolute Gasteiger partial charge is 0.336 e. The maximum absolute atomic E-state index is 6.10.